The van der Waals surface area contributed by atoms with Crippen molar-refractivity contribution in [1.29, 1.82) is 0 Å². The molecule has 1 N–H and O–H groups in total. The number of carbonyl (C=O) groups is 1. The van der Waals surface area contributed by atoms with Crippen LogP contribution < -0.4 is 0 Å². The molecule has 0 aromatic heterocycles. The molecule has 3 atom stereocenters. The molecule has 18 heavy (non-hydrogen) atoms. The van der Waals surface area contributed by atoms with Crippen molar-refractivity contribution >= 4 is 6.03 Å². The summed E-state index contributed by atoms with van der Waals surface area (Å²) in [5, 5.41) is 9.15. The predicted molar refractivity (Wildman–Crippen MR) is 68.4 cm³/mol. The Bertz CT molecular complexity index is 298. The lowest BCUT2D eigenvalue weighted by Crippen LogP contribution is -2.57. The smallest absolute Gasteiger partial charge is 0.320 e. The number of piperidine rings is 1. The van der Waals surface area contributed by atoms with Gasteiger partial charge in [0.15, 0.2) is 0 Å². The number of hydrogen-bond acceptors (Lipinski definition) is 3. The molecule has 0 aromatic rings. The van der Waals surface area contributed by atoms with Crippen molar-refractivity contribution in [2.24, 2.45) is 5.92 Å². The maximum Gasteiger partial charge on any atom is 0.320 e. The number of urea groups is 1. The van der Waals surface area contributed by atoms with Crippen molar-refractivity contribution in [2.45, 2.75) is 38.8 Å². The summed E-state index contributed by atoms with van der Waals surface area (Å²) >= 11 is 0. The Morgan fingerprint density at radius 3 is 2.83 bits per heavy atom. The summed E-state index contributed by atoms with van der Waals surface area (Å²) in [5.74, 6) is 0.590. The molecule has 2 fully saturated rings. The highest BCUT2D eigenvalue weighted by Crippen LogP contribution is 2.20. The van der Waals surface area contributed by atoms with Crippen molar-refractivity contribution in [2.75, 3.05) is 32.8 Å². The molecule has 0 aromatic carbocycles. The number of aliphatic hydroxyl groups is 1. The summed E-state index contributed by atoms with van der Waals surface area (Å²) in [7, 11) is 0. The molecule has 0 aliphatic carbocycles. The van der Waals surface area contributed by atoms with Gasteiger partial charge in [-0.05, 0) is 25.7 Å². The van der Waals surface area contributed by atoms with Gasteiger partial charge in [0.2, 0.25) is 0 Å². The second kappa shape index (κ2) is 5.89. The van der Waals surface area contributed by atoms with Gasteiger partial charge in [0, 0.05) is 13.1 Å². The quantitative estimate of drug-likeness (QED) is 0.759. The number of amides is 2. The first-order valence-corrected chi connectivity index (χ1v) is 6.89. The first-order valence-electron chi connectivity index (χ1n) is 6.89. The molecular weight excluding hydrogens is 232 g/mol. The van der Waals surface area contributed by atoms with Crippen LogP contribution >= 0.6 is 0 Å². The lowest BCUT2D eigenvalue weighted by atomic mass is 10.0. The van der Waals surface area contributed by atoms with Crippen molar-refractivity contribution < 1.29 is 14.6 Å². The van der Waals surface area contributed by atoms with Gasteiger partial charge in [-0.3, -0.25) is 0 Å². The fourth-order valence-electron chi connectivity index (χ4n) is 2.74. The summed E-state index contributed by atoms with van der Waals surface area (Å²) in [5.41, 5.74) is 0. The van der Waals surface area contributed by atoms with Crippen LogP contribution in [0.1, 0.15) is 26.7 Å². The van der Waals surface area contributed by atoms with Crippen molar-refractivity contribution in [3.8, 4) is 0 Å². The van der Waals surface area contributed by atoms with Crippen LogP contribution in [0.2, 0.25) is 0 Å². The minimum atomic E-state index is -0.229. The van der Waals surface area contributed by atoms with E-state index >= 15 is 0 Å². The molecule has 0 bridgehead atoms. The van der Waals surface area contributed by atoms with E-state index in [2.05, 4.69) is 6.92 Å². The number of aliphatic hydroxyl groups excluding tert-OH is 1. The maximum absolute atomic E-state index is 12.5. The molecule has 104 valence electrons. The number of hydrogen-bond donors (Lipinski definition) is 1. The normalized spacial score (nSPS) is 33.6. The highest BCUT2D eigenvalue weighted by molar-refractivity contribution is 5.75. The third kappa shape index (κ3) is 2.95. The Morgan fingerprint density at radius 2 is 2.17 bits per heavy atom. The molecule has 0 spiro atoms. The summed E-state index contributed by atoms with van der Waals surface area (Å²) in [6.45, 7) is 6.90. The second-order valence-electron chi connectivity index (χ2n) is 5.62. The standard InChI is InChI=1S/C13H24N2O3/c1-10-4-3-5-14(6-10)13(17)15-7-12(8-16)18-9-11(15)2/h10-12,16H,3-9H2,1-2H3. The van der Waals surface area contributed by atoms with Gasteiger partial charge >= 0.3 is 6.03 Å². The summed E-state index contributed by atoms with van der Waals surface area (Å²) < 4.78 is 5.47. The van der Waals surface area contributed by atoms with E-state index in [0.29, 0.717) is 19.1 Å². The molecule has 3 unspecified atom stereocenters. The Balaban J connectivity index is 1.97. The summed E-state index contributed by atoms with van der Waals surface area (Å²) in [6, 6.07) is 0.202. The third-order valence-electron chi connectivity index (χ3n) is 3.88. The molecule has 5 heteroatoms. The van der Waals surface area contributed by atoms with Gasteiger partial charge in [-0.2, -0.15) is 0 Å². The van der Waals surface area contributed by atoms with Gasteiger partial charge in [0.1, 0.15) is 0 Å². The molecule has 2 aliphatic rings. The Kier molecular flexibility index (Phi) is 4.45. The molecule has 0 radical (unpaired) electrons. The molecular formula is C13H24N2O3. The van der Waals surface area contributed by atoms with E-state index in [1.807, 2.05) is 16.7 Å². The molecule has 2 rings (SSSR count). The zero-order chi connectivity index (χ0) is 13.1. The number of morpholine rings is 1. The number of ether oxygens (including phenoxy) is 1. The van der Waals surface area contributed by atoms with Crippen molar-refractivity contribution in [1.82, 2.24) is 9.80 Å². The van der Waals surface area contributed by atoms with Gasteiger partial charge < -0.3 is 19.6 Å². The molecule has 0 saturated carbocycles. The van der Waals surface area contributed by atoms with E-state index in [1.54, 1.807) is 0 Å². The number of nitrogens with zero attached hydrogens (tertiary/aromatic N) is 2. The number of rotatable bonds is 1. The Morgan fingerprint density at radius 1 is 1.39 bits per heavy atom. The Hall–Kier alpha value is -0.810. The van der Waals surface area contributed by atoms with E-state index in [1.165, 1.54) is 6.42 Å². The highest BCUT2D eigenvalue weighted by atomic mass is 16.5. The zero-order valence-corrected chi connectivity index (χ0v) is 11.3. The predicted octanol–water partition coefficient (Wildman–Crippen LogP) is 0.920. The zero-order valence-electron chi connectivity index (χ0n) is 11.3. The topological polar surface area (TPSA) is 53.0 Å². The van der Waals surface area contributed by atoms with Gasteiger partial charge in [-0.1, -0.05) is 6.92 Å². The fourth-order valence-corrected chi connectivity index (χ4v) is 2.74. The summed E-state index contributed by atoms with van der Waals surface area (Å²) in [4.78, 5) is 16.3. The highest BCUT2D eigenvalue weighted by Gasteiger charge is 2.33. The first kappa shape index (κ1) is 13.6. The minimum absolute atomic E-state index is 0.0209. The van der Waals surface area contributed by atoms with Gasteiger partial charge in [0.05, 0.1) is 31.9 Å². The maximum atomic E-state index is 12.5. The molecule has 2 aliphatic heterocycles. The monoisotopic (exact) mass is 256 g/mol. The van der Waals surface area contributed by atoms with E-state index in [-0.39, 0.29) is 24.8 Å². The van der Waals surface area contributed by atoms with Crippen LogP contribution in [0.4, 0.5) is 4.79 Å². The van der Waals surface area contributed by atoms with Crippen molar-refractivity contribution in [3.05, 3.63) is 0 Å². The van der Waals surface area contributed by atoms with Gasteiger partial charge in [-0.25, -0.2) is 4.79 Å². The Labute approximate surface area is 109 Å². The first-order chi connectivity index (χ1) is 8.61. The van der Waals surface area contributed by atoms with Crippen molar-refractivity contribution in [3.63, 3.8) is 0 Å². The van der Waals surface area contributed by atoms with Gasteiger partial charge in [-0.15, -0.1) is 0 Å². The van der Waals surface area contributed by atoms with E-state index in [9.17, 15) is 4.79 Å². The largest absolute Gasteiger partial charge is 0.394 e. The molecule has 2 saturated heterocycles. The van der Waals surface area contributed by atoms with Crippen LogP contribution in [0.15, 0.2) is 0 Å². The van der Waals surface area contributed by atoms with Crippen LogP contribution in [0.5, 0.6) is 0 Å². The second-order valence-corrected chi connectivity index (χ2v) is 5.62. The average Bonchev–Trinajstić information content (AvgIpc) is 2.38. The molecule has 5 nitrogen and oxygen atoms in total. The minimum Gasteiger partial charge on any atom is -0.394 e. The number of likely N-dealkylation sites (tertiary alicyclic amines) is 1. The average molecular weight is 256 g/mol. The van der Waals surface area contributed by atoms with Crippen LogP contribution in [-0.2, 0) is 4.74 Å². The number of carbonyl (C=O) groups excluding carboxylic acids is 1. The van der Waals surface area contributed by atoms with E-state index < -0.39 is 0 Å². The van der Waals surface area contributed by atoms with E-state index in [4.69, 9.17) is 9.84 Å². The lowest BCUT2D eigenvalue weighted by molar-refractivity contribution is -0.0674. The lowest BCUT2D eigenvalue weighted by Gasteiger charge is -2.42. The van der Waals surface area contributed by atoms with E-state index in [0.717, 1.165) is 19.5 Å². The van der Waals surface area contributed by atoms with Gasteiger partial charge in [0.25, 0.3) is 0 Å². The van der Waals surface area contributed by atoms with Crippen LogP contribution in [-0.4, -0.2) is 65.9 Å². The molecule has 2 heterocycles. The fraction of sp³-hybridized carbons (Fsp3) is 0.923. The summed E-state index contributed by atoms with van der Waals surface area (Å²) in [6.07, 6.45) is 2.07. The van der Waals surface area contributed by atoms with Crippen LogP contribution in [0.3, 0.4) is 0 Å². The SMILES string of the molecule is CC1CCCN(C(=O)N2CC(CO)OCC2C)C1. The van der Waals surface area contributed by atoms with Crippen LogP contribution in [0.25, 0.3) is 0 Å². The van der Waals surface area contributed by atoms with Crippen LogP contribution in [0, 0.1) is 5.92 Å². The third-order valence-corrected chi connectivity index (χ3v) is 3.88. The molecule has 2 amide bonds.